The molecule has 1 aliphatic rings. The van der Waals surface area contributed by atoms with Gasteiger partial charge in [-0.05, 0) is 12.1 Å². The fraction of sp³-hybridized carbons (Fsp3) is 0.385. The number of halogens is 1. The molecule has 0 aliphatic carbocycles. The number of carbonyl (C=O) groups is 1. The van der Waals surface area contributed by atoms with Crippen LogP contribution in [0.1, 0.15) is 11.1 Å². The summed E-state index contributed by atoms with van der Waals surface area (Å²) in [6.45, 7) is 1.63. The van der Waals surface area contributed by atoms with Crippen molar-refractivity contribution in [2.45, 2.75) is 6.54 Å². The first-order valence-corrected chi connectivity index (χ1v) is 5.62. The van der Waals surface area contributed by atoms with E-state index in [1.54, 1.807) is 12.1 Å². The smallest absolute Gasteiger partial charge is 0.311 e. The summed E-state index contributed by atoms with van der Waals surface area (Å²) < 4.78 is 18.2. The van der Waals surface area contributed by atoms with E-state index in [1.807, 2.05) is 11.0 Å². The summed E-state index contributed by atoms with van der Waals surface area (Å²) in [5.41, 5.74) is 0.851. The van der Waals surface area contributed by atoms with Crippen molar-refractivity contribution in [3.05, 3.63) is 35.1 Å². The van der Waals surface area contributed by atoms with Gasteiger partial charge in [0.2, 0.25) is 0 Å². The lowest BCUT2D eigenvalue weighted by Crippen LogP contribution is -2.50. The molecule has 1 aromatic carbocycles. The quantitative estimate of drug-likeness (QED) is 0.757. The Bertz CT molecular complexity index is 504. The number of rotatable bonds is 3. The lowest BCUT2D eigenvalue weighted by Gasteiger charge is -2.37. The Morgan fingerprint density at radius 3 is 2.89 bits per heavy atom. The van der Waals surface area contributed by atoms with Gasteiger partial charge in [0, 0.05) is 25.2 Å². The third-order valence-corrected chi connectivity index (χ3v) is 3.07. The zero-order chi connectivity index (χ0) is 13.1. The highest BCUT2D eigenvalue weighted by Gasteiger charge is 2.33. The van der Waals surface area contributed by atoms with Gasteiger partial charge in [0.25, 0.3) is 0 Å². The predicted octanol–water partition coefficient (Wildman–Crippen LogP) is 1.30. The van der Waals surface area contributed by atoms with Gasteiger partial charge in [-0.2, -0.15) is 5.26 Å². The summed E-state index contributed by atoms with van der Waals surface area (Å²) >= 11 is 0. The normalized spacial score (nSPS) is 15.8. The Morgan fingerprint density at radius 1 is 1.61 bits per heavy atom. The zero-order valence-electron chi connectivity index (χ0n) is 10.0. The van der Waals surface area contributed by atoms with E-state index in [0.717, 1.165) is 0 Å². The first-order valence-electron chi connectivity index (χ1n) is 5.62. The van der Waals surface area contributed by atoms with Crippen molar-refractivity contribution >= 4 is 5.97 Å². The zero-order valence-corrected chi connectivity index (χ0v) is 10.0. The number of esters is 1. The highest BCUT2D eigenvalue weighted by atomic mass is 19.1. The van der Waals surface area contributed by atoms with Gasteiger partial charge in [0.1, 0.15) is 5.82 Å². The van der Waals surface area contributed by atoms with Crippen LogP contribution >= 0.6 is 0 Å². The third-order valence-electron chi connectivity index (χ3n) is 3.07. The van der Waals surface area contributed by atoms with E-state index in [9.17, 15) is 9.18 Å². The molecule has 1 aromatic rings. The minimum Gasteiger partial charge on any atom is -0.469 e. The number of methoxy groups -OCH3 is 1. The van der Waals surface area contributed by atoms with E-state index in [4.69, 9.17) is 5.26 Å². The standard InChI is InChI=1S/C13H13FN2O2/c1-18-13(17)11-7-16(8-11)6-10-3-2-9(5-15)4-12(10)14/h2-4,11H,6-8H2,1H3. The largest absolute Gasteiger partial charge is 0.469 e. The molecular formula is C13H13FN2O2. The molecule has 1 heterocycles. The molecule has 0 spiro atoms. The maximum absolute atomic E-state index is 13.6. The van der Waals surface area contributed by atoms with E-state index in [-0.39, 0.29) is 17.7 Å². The molecule has 0 bridgehead atoms. The Balaban J connectivity index is 1.93. The molecule has 0 radical (unpaired) electrons. The second-order valence-electron chi connectivity index (χ2n) is 4.33. The highest BCUT2D eigenvalue weighted by molar-refractivity contribution is 5.73. The van der Waals surface area contributed by atoms with Crippen LogP contribution in [-0.4, -0.2) is 31.1 Å². The fourth-order valence-corrected chi connectivity index (χ4v) is 2.00. The number of nitriles is 1. The van der Waals surface area contributed by atoms with Gasteiger partial charge in [-0.3, -0.25) is 9.69 Å². The van der Waals surface area contributed by atoms with Crippen LogP contribution in [0.5, 0.6) is 0 Å². The molecule has 1 fully saturated rings. The van der Waals surface area contributed by atoms with Crippen molar-refractivity contribution in [2.75, 3.05) is 20.2 Å². The molecule has 18 heavy (non-hydrogen) atoms. The van der Waals surface area contributed by atoms with E-state index < -0.39 is 0 Å². The Hall–Kier alpha value is -1.93. The van der Waals surface area contributed by atoms with Crippen molar-refractivity contribution < 1.29 is 13.9 Å². The Kier molecular flexibility index (Phi) is 3.58. The van der Waals surface area contributed by atoms with E-state index in [0.29, 0.717) is 30.8 Å². The highest BCUT2D eigenvalue weighted by Crippen LogP contribution is 2.21. The van der Waals surface area contributed by atoms with Gasteiger partial charge in [-0.1, -0.05) is 6.07 Å². The molecule has 0 N–H and O–H groups in total. The first kappa shape index (κ1) is 12.5. The molecule has 0 aromatic heterocycles. The monoisotopic (exact) mass is 248 g/mol. The average molecular weight is 248 g/mol. The number of carbonyl (C=O) groups excluding carboxylic acids is 1. The molecule has 2 rings (SSSR count). The van der Waals surface area contributed by atoms with Crippen molar-refractivity contribution in [3.8, 4) is 6.07 Å². The number of likely N-dealkylation sites (tertiary alicyclic amines) is 1. The SMILES string of the molecule is COC(=O)C1CN(Cc2ccc(C#N)cc2F)C1. The van der Waals surface area contributed by atoms with Crippen molar-refractivity contribution in [1.29, 1.82) is 5.26 Å². The summed E-state index contributed by atoms with van der Waals surface area (Å²) in [4.78, 5) is 13.1. The van der Waals surface area contributed by atoms with Gasteiger partial charge >= 0.3 is 5.97 Å². The molecule has 4 nitrogen and oxygen atoms in total. The molecule has 0 atom stereocenters. The van der Waals surface area contributed by atoms with E-state index in [2.05, 4.69) is 4.74 Å². The van der Waals surface area contributed by atoms with Gasteiger partial charge in [0.05, 0.1) is 24.7 Å². The maximum Gasteiger partial charge on any atom is 0.311 e. The summed E-state index contributed by atoms with van der Waals surface area (Å²) in [7, 11) is 1.37. The topological polar surface area (TPSA) is 53.3 Å². The van der Waals surface area contributed by atoms with Crippen molar-refractivity contribution in [1.82, 2.24) is 4.90 Å². The van der Waals surface area contributed by atoms with Crippen LogP contribution < -0.4 is 0 Å². The molecule has 0 unspecified atom stereocenters. The lowest BCUT2D eigenvalue weighted by atomic mass is 9.99. The number of benzene rings is 1. The molecule has 0 saturated carbocycles. The van der Waals surface area contributed by atoms with Gasteiger partial charge in [-0.25, -0.2) is 4.39 Å². The van der Waals surface area contributed by atoms with Crippen LogP contribution in [0.25, 0.3) is 0 Å². The minimum absolute atomic E-state index is 0.101. The number of ether oxygens (including phenoxy) is 1. The number of nitrogens with zero attached hydrogens (tertiary/aromatic N) is 2. The van der Waals surface area contributed by atoms with Crippen LogP contribution in [0.4, 0.5) is 4.39 Å². The second-order valence-corrected chi connectivity index (χ2v) is 4.33. The first-order chi connectivity index (χ1) is 8.63. The molecule has 1 aliphatic heterocycles. The third kappa shape index (κ3) is 2.49. The number of hydrogen-bond donors (Lipinski definition) is 0. The van der Waals surface area contributed by atoms with Crippen LogP contribution in [0, 0.1) is 23.1 Å². The van der Waals surface area contributed by atoms with Gasteiger partial charge in [0.15, 0.2) is 0 Å². The van der Waals surface area contributed by atoms with Crippen LogP contribution in [0.3, 0.4) is 0 Å². The molecule has 5 heteroatoms. The molecular weight excluding hydrogens is 235 g/mol. The predicted molar refractivity (Wildman–Crippen MR) is 61.9 cm³/mol. The summed E-state index contributed by atoms with van der Waals surface area (Å²) in [5, 5.41) is 8.64. The molecule has 1 saturated heterocycles. The summed E-state index contributed by atoms with van der Waals surface area (Å²) in [6.07, 6.45) is 0. The van der Waals surface area contributed by atoms with Crippen LogP contribution in [0.15, 0.2) is 18.2 Å². The Morgan fingerprint density at radius 2 is 2.33 bits per heavy atom. The fourth-order valence-electron chi connectivity index (χ4n) is 2.00. The second kappa shape index (κ2) is 5.15. The summed E-state index contributed by atoms with van der Waals surface area (Å²) in [6, 6.07) is 6.32. The summed E-state index contributed by atoms with van der Waals surface area (Å²) in [5.74, 6) is -0.696. The van der Waals surface area contributed by atoms with E-state index in [1.165, 1.54) is 13.2 Å². The average Bonchev–Trinajstić information content (AvgIpc) is 2.33. The maximum atomic E-state index is 13.6. The molecule has 0 amide bonds. The van der Waals surface area contributed by atoms with Crippen LogP contribution in [-0.2, 0) is 16.1 Å². The van der Waals surface area contributed by atoms with Gasteiger partial charge in [-0.15, -0.1) is 0 Å². The van der Waals surface area contributed by atoms with E-state index >= 15 is 0 Å². The van der Waals surface area contributed by atoms with Crippen LogP contribution in [0.2, 0.25) is 0 Å². The van der Waals surface area contributed by atoms with Gasteiger partial charge < -0.3 is 4.74 Å². The van der Waals surface area contributed by atoms with Crippen molar-refractivity contribution in [3.63, 3.8) is 0 Å². The Labute approximate surface area is 105 Å². The lowest BCUT2D eigenvalue weighted by molar-refractivity contribution is -0.151. The minimum atomic E-state index is -0.379. The van der Waals surface area contributed by atoms with Crippen molar-refractivity contribution in [2.24, 2.45) is 5.92 Å². The number of hydrogen-bond acceptors (Lipinski definition) is 4. The molecule has 94 valence electrons.